The molecule has 17 heavy (non-hydrogen) atoms. The van der Waals surface area contributed by atoms with Crippen molar-refractivity contribution >= 4 is 11.6 Å². The van der Waals surface area contributed by atoms with Gasteiger partial charge in [-0.1, -0.05) is 38.3 Å². The molecule has 1 atom stereocenters. The number of hydrogen-bond acceptors (Lipinski definition) is 2. The van der Waals surface area contributed by atoms with Gasteiger partial charge in [0.05, 0.1) is 23.0 Å². The van der Waals surface area contributed by atoms with E-state index in [-0.39, 0.29) is 5.92 Å². The Hall–Kier alpha value is -0.540. The van der Waals surface area contributed by atoms with E-state index in [1.807, 2.05) is 6.92 Å². The third-order valence-corrected chi connectivity index (χ3v) is 3.47. The fraction of sp³-hybridized carbons (Fsp3) is 0.769. The highest BCUT2D eigenvalue weighted by Crippen LogP contribution is 2.33. The Labute approximate surface area is 109 Å². The topological polar surface area (TPSA) is 38.1 Å². The summed E-state index contributed by atoms with van der Waals surface area (Å²) in [4.78, 5) is 0. The SMILES string of the molecule is CCCC(CCC)C(O)c1c(Cl)cnn1CC. The molecule has 1 aromatic rings. The number of nitrogens with zero attached hydrogens (tertiary/aromatic N) is 2. The van der Waals surface area contributed by atoms with E-state index in [0.717, 1.165) is 37.9 Å². The van der Waals surface area contributed by atoms with Crippen molar-refractivity contribution in [1.82, 2.24) is 9.78 Å². The number of rotatable bonds is 7. The highest BCUT2D eigenvalue weighted by molar-refractivity contribution is 6.31. The Morgan fingerprint density at radius 3 is 2.35 bits per heavy atom. The van der Waals surface area contributed by atoms with Crippen LogP contribution in [-0.4, -0.2) is 14.9 Å². The molecule has 1 heterocycles. The predicted molar refractivity (Wildman–Crippen MR) is 71.2 cm³/mol. The van der Waals surface area contributed by atoms with Gasteiger partial charge in [-0.3, -0.25) is 4.68 Å². The van der Waals surface area contributed by atoms with Crippen LogP contribution in [0.2, 0.25) is 5.02 Å². The first-order valence-corrected chi connectivity index (χ1v) is 6.92. The van der Waals surface area contributed by atoms with Gasteiger partial charge in [0.15, 0.2) is 0 Å². The normalized spacial score (nSPS) is 13.3. The molecule has 1 rings (SSSR count). The first kappa shape index (κ1) is 14.5. The summed E-state index contributed by atoms with van der Waals surface area (Å²) in [7, 11) is 0. The fourth-order valence-corrected chi connectivity index (χ4v) is 2.60. The van der Waals surface area contributed by atoms with Crippen molar-refractivity contribution in [2.45, 2.75) is 59.1 Å². The molecule has 1 aromatic heterocycles. The van der Waals surface area contributed by atoms with Gasteiger partial charge in [0.25, 0.3) is 0 Å². The van der Waals surface area contributed by atoms with Gasteiger partial charge < -0.3 is 5.11 Å². The summed E-state index contributed by atoms with van der Waals surface area (Å²) < 4.78 is 1.80. The van der Waals surface area contributed by atoms with Crippen LogP contribution < -0.4 is 0 Å². The molecule has 98 valence electrons. The maximum atomic E-state index is 10.5. The van der Waals surface area contributed by atoms with Gasteiger partial charge in [0.2, 0.25) is 0 Å². The lowest BCUT2D eigenvalue weighted by Crippen LogP contribution is -2.17. The number of aryl methyl sites for hydroxylation is 1. The second kappa shape index (κ2) is 7.02. The van der Waals surface area contributed by atoms with Crippen molar-refractivity contribution in [1.29, 1.82) is 0 Å². The Bertz CT molecular complexity index is 332. The van der Waals surface area contributed by atoms with Crippen LogP contribution in [0.15, 0.2) is 6.20 Å². The molecule has 0 amide bonds. The van der Waals surface area contributed by atoms with Gasteiger partial charge in [-0.05, 0) is 25.7 Å². The van der Waals surface area contributed by atoms with E-state index in [2.05, 4.69) is 18.9 Å². The standard InChI is InChI=1S/C13H23ClN2O/c1-4-7-10(8-5-2)13(17)12-11(14)9-15-16(12)6-3/h9-10,13,17H,4-8H2,1-3H3. The van der Waals surface area contributed by atoms with Crippen LogP contribution in [0, 0.1) is 5.92 Å². The second-order valence-electron chi connectivity index (χ2n) is 4.48. The van der Waals surface area contributed by atoms with Crippen molar-refractivity contribution in [3.63, 3.8) is 0 Å². The molecule has 0 radical (unpaired) electrons. The molecule has 0 aromatic carbocycles. The minimum absolute atomic E-state index is 0.282. The van der Waals surface area contributed by atoms with E-state index in [1.54, 1.807) is 10.9 Å². The smallest absolute Gasteiger partial charge is 0.0999 e. The molecule has 4 heteroatoms. The lowest BCUT2D eigenvalue weighted by molar-refractivity contribution is 0.0880. The highest BCUT2D eigenvalue weighted by Gasteiger charge is 2.25. The largest absolute Gasteiger partial charge is 0.386 e. The zero-order valence-corrected chi connectivity index (χ0v) is 11.7. The van der Waals surface area contributed by atoms with E-state index in [4.69, 9.17) is 11.6 Å². The summed E-state index contributed by atoms with van der Waals surface area (Å²) in [6.07, 6.45) is 5.35. The highest BCUT2D eigenvalue weighted by atomic mass is 35.5. The summed E-state index contributed by atoms with van der Waals surface area (Å²) in [6.45, 7) is 7.04. The van der Waals surface area contributed by atoms with Crippen molar-refractivity contribution in [3.8, 4) is 0 Å². The molecule has 0 saturated heterocycles. The Morgan fingerprint density at radius 1 is 1.29 bits per heavy atom. The Kier molecular flexibility index (Phi) is 6.00. The van der Waals surface area contributed by atoms with Crippen molar-refractivity contribution in [3.05, 3.63) is 16.9 Å². The lowest BCUT2D eigenvalue weighted by atomic mass is 9.90. The average molecular weight is 259 g/mol. The van der Waals surface area contributed by atoms with Gasteiger partial charge in [-0.25, -0.2) is 0 Å². The van der Waals surface area contributed by atoms with Gasteiger partial charge in [0.1, 0.15) is 0 Å². The Morgan fingerprint density at radius 2 is 1.88 bits per heavy atom. The zero-order chi connectivity index (χ0) is 12.8. The monoisotopic (exact) mass is 258 g/mol. The second-order valence-corrected chi connectivity index (χ2v) is 4.88. The minimum Gasteiger partial charge on any atom is -0.386 e. The van der Waals surface area contributed by atoms with E-state index >= 15 is 0 Å². The van der Waals surface area contributed by atoms with Gasteiger partial charge >= 0.3 is 0 Å². The van der Waals surface area contributed by atoms with E-state index < -0.39 is 6.10 Å². The number of halogens is 1. The van der Waals surface area contributed by atoms with E-state index in [0.29, 0.717) is 5.02 Å². The fourth-order valence-electron chi connectivity index (χ4n) is 2.34. The van der Waals surface area contributed by atoms with E-state index in [9.17, 15) is 5.11 Å². The molecule has 0 fully saturated rings. The number of aromatic nitrogens is 2. The molecule has 0 aliphatic rings. The molecule has 0 bridgehead atoms. The third-order valence-electron chi connectivity index (χ3n) is 3.18. The van der Waals surface area contributed by atoms with Crippen molar-refractivity contribution < 1.29 is 5.11 Å². The van der Waals surface area contributed by atoms with Gasteiger partial charge in [0, 0.05) is 6.54 Å². The summed E-state index contributed by atoms with van der Waals surface area (Å²) in [5.74, 6) is 0.282. The molecule has 1 N–H and O–H groups in total. The molecular formula is C13H23ClN2O. The van der Waals surface area contributed by atoms with Crippen LogP contribution in [-0.2, 0) is 6.54 Å². The van der Waals surface area contributed by atoms with Crippen LogP contribution in [0.1, 0.15) is 58.3 Å². The maximum absolute atomic E-state index is 10.5. The first-order chi connectivity index (χ1) is 8.15. The minimum atomic E-state index is -0.496. The summed E-state index contributed by atoms with van der Waals surface area (Å²) in [5, 5.41) is 15.2. The molecule has 3 nitrogen and oxygen atoms in total. The zero-order valence-electron chi connectivity index (χ0n) is 11.0. The summed E-state index contributed by atoms with van der Waals surface area (Å²) in [6, 6.07) is 0. The quantitative estimate of drug-likeness (QED) is 0.808. The number of aliphatic hydroxyl groups excluding tert-OH is 1. The van der Waals surface area contributed by atoms with Crippen LogP contribution >= 0.6 is 11.6 Å². The summed E-state index contributed by atoms with van der Waals surface area (Å²) >= 11 is 6.12. The van der Waals surface area contributed by atoms with Crippen molar-refractivity contribution in [2.75, 3.05) is 0 Å². The van der Waals surface area contributed by atoms with E-state index in [1.165, 1.54) is 0 Å². The lowest BCUT2D eigenvalue weighted by Gasteiger charge is -2.23. The molecular weight excluding hydrogens is 236 g/mol. The molecule has 0 aliphatic carbocycles. The van der Waals surface area contributed by atoms with Crippen LogP contribution in [0.5, 0.6) is 0 Å². The molecule has 0 aliphatic heterocycles. The van der Waals surface area contributed by atoms with Gasteiger partial charge in [-0.2, -0.15) is 5.10 Å². The summed E-state index contributed by atoms with van der Waals surface area (Å²) in [5.41, 5.74) is 0.779. The molecule has 1 unspecified atom stereocenters. The van der Waals surface area contributed by atoms with Gasteiger partial charge in [-0.15, -0.1) is 0 Å². The van der Waals surface area contributed by atoms with Crippen LogP contribution in [0.4, 0.5) is 0 Å². The third kappa shape index (κ3) is 3.46. The predicted octanol–water partition coefficient (Wildman–Crippen LogP) is 3.81. The number of hydrogen-bond donors (Lipinski definition) is 1. The van der Waals surface area contributed by atoms with Crippen LogP contribution in [0.25, 0.3) is 0 Å². The molecule has 0 saturated carbocycles. The van der Waals surface area contributed by atoms with Crippen LogP contribution in [0.3, 0.4) is 0 Å². The average Bonchev–Trinajstić information content (AvgIpc) is 2.69. The maximum Gasteiger partial charge on any atom is 0.0999 e. The number of aliphatic hydroxyl groups is 1. The van der Waals surface area contributed by atoms with Crippen molar-refractivity contribution in [2.24, 2.45) is 5.92 Å². The first-order valence-electron chi connectivity index (χ1n) is 6.54. The Balaban J connectivity index is 2.90. The molecule has 0 spiro atoms.